The zero-order valence-electron chi connectivity index (χ0n) is 24.9. The topological polar surface area (TPSA) is 4.41 Å². The normalized spacial score (nSPS) is 14.3. The summed E-state index contributed by atoms with van der Waals surface area (Å²) >= 11 is 0. The molecule has 0 bridgehead atoms. The van der Waals surface area contributed by atoms with Gasteiger partial charge in [0.05, 0.1) is 22.0 Å². The van der Waals surface area contributed by atoms with E-state index in [1.807, 2.05) is 0 Å². The minimum absolute atomic E-state index is 0.401. The fourth-order valence-electron chi connectivity index (χ4n) is 9.56. The summed E-state index contributed by atoms with van der Waals surface area (Å²) in [5.74, 6) is 0. The Morgan fingerprint density at radius 3 is 1.37 bits per heavy atom. The molecule has 2 aliphatic carbocycles. The predicted octanol–water partition coefficient (Wildman–Crippen LogP) is 11.5. The van der Waals surface area contributed by atoms with Crippen molar-refractivity contribution in [1.29, 1.82) is 0 Å². The summed E-state index contributed by atoms with van der Waals surface area (Å²) in [4.78, 5) is 0. The lowest BCUT2D eigenvalue weighted by Gasteiger charge is -2.31. The van der Waals surface area contributed by atoms with Crippen molar-refractivity contribution in [3.8, 4) is 22.3 Å². The van der Waals surface area contributed by atoms with Gasteiger partial charge in [-0.15, -0.1) is 0 Å². The zero-order chi connectivity index (χ0) is 29.7. The third-order valence-corrected chi connectivity index (χ3v) is 11.2. The van der Waals surface area contributed by atoms with Crippen LogP contribution in [0.3, 0.4) is 0 Å². The second-order valence-electron chi connectivity index (χ2n) is 13.2. The van der Waals surface area contributed by atoms with Crippen molar-refractivity contribution in [2.45, 2.75) is 5.41 Å². The molecule has 0 N–H and O–H groups in total. The Morgan fingerprint density at radius 1 is 0.370 bits per heavy atom. The van der Waals surface area contributed by atoms with Gasteiger partial charge in [-0.2, -0.15) is 0 Å². The lowest BCUT2D eigenvalue weighted by Crippen LogP contribution is -2.26. The molecule has 10 aromatic rings. The van der Waals surface area contributed by atoms with Crippen LogP contribution in [0.2, 0.25) is 0 Å². The molecule has 1 heteroatoms. The van der Waals surface area contributed by atoms with Crippen molar-refractivity contribution in [3.05, 3.63) is 174 Å². The van der Waals surface area contributed by atoms with Crippen molar-refractivity contribution in [2.75, 3.05) is 0 Å². The number of hydrogen-bond donors (Lipinski definition) is 0. The van der Waals surface area contributed by atoms with E-state index in [9.17, 15) is 0 Å². The van der Waals surface area contributed by atoms with Crippen LogP contribution in [0, 0.1) is 0 Å². The van der Waals surface area contributed by atoms with E-state index in [1.54, 1.807) is 0 Å². The van der Waals surface area contributed by atoms with E-state index in [0.29, 0.717) is 0 Å². The van der Waals surface area contributed by atoms with Crippen LogP contribution in [0.4, 0.5) is 0 Å². The van der Waals surface area contributed by atoms with E-state index in [0.717, 1.165) is 0 Å². The molecule has 0 aliphatic heterocycles. The number of rotatable bonds is 0. The van der Waals surface area contributed by atoms with Gasteiger partial charge >= 0.3 is 0 Å². The van der Waals surface area contributed by atoms with E-state index in [4.69, 9.17) is 0 Å². The van der Waals surface area contributed by atoms with Gasteiger partial charge in [-0.3, -0.25) is 0 Å². The zero-order valence-corrected chi connectivity index (χ0v) is 24.9. The highest BCUT2D eigenvalue weighted by atomic mass is 14.9. The summed E-state index contributed by atoms with van der Waals surface area (Å²) < 4.78 is 2.58. The minimum Gasteiger partial charge on any atom is -0.308 e. The van der Waals surface area contributed by atoms with Gasteiger partial charge in [-0.05, 0) is 96.4 Å². The highest BCUT2D eigenvalue weighted by Gasteiger charge is 2.53. The van der Waals surface area contributed by atoms with Gasteiger partial charge in [-0.1, -0.05) is 121 Å². The summed E-state index contributed by atoms with van der Waals surface area (Å²) in [5, 5.41) is 10.5. The average molecular weight is 580 g/mol. The molecule has 2 heterocycles. The molecule has 8 aromatic carbocycles. The fraction of sp³-hybridized carbons (Fsp3) is 0.0222. The Hall–Kier alpha value is -5.92. The maximum Gasteiger partial charge on any atom is 0.0732 e. The maximum absolute atomic E-state index is 2.58. The van der Waals surface area contributed by atoms with E-state index >= 15 is 0 Å². The molecule has 46 heavy (non-hydrogen) atoms. The van der Waals surface area contributed by atoms with Gasteiger partial charge in [0.25, 0.3) is 0 Å². The maximum atomic E-state index is 2.58. The van der Waals surface area contributed by atoms with Gasteiger partial charge in [0.15, 0.2) is 0 Å². The molecule has 0 saturated heterocycles. The first-order valence-corrected chi connectivity index (χ1v) is 16.2. The number of nitrogens with zero attached hydrogens (tertiary/aromatic N) is 1. The smallest absolute Gasteiger partial charge is 0.0732 e. The van der Waals surface area contributed by atoms with E-state index < -0.39 is 5.41 Å². The Bertz CT molecular complexity index is 2930. The van der Waals surface area contributed by atoms with E-state index in [2.05, 4.69) is 156 Å². The van der Waals surface area contributed by atoms with Crippen molar-refractivity contribution in [3.63, 3.8) is 0 Å². The van der Waals surface area contributed by atoms with Gasteiger partial charge in [0.1, 0.15) is 0 Å². The van der Waals surface area contributed by atoms with Gasteiger partial charge in [0.2, 0.25) is 0 Å². The number of benzene rings is 8. The van der Waals surface area contributed by atoms with Crippen molar-refractivity contribution < 1.29 is 0 Å². The molecule has 0 saturated carbocycles. The van der Waals surface area contributed by atoms with Crippen molar-refractivity contribution in [2.24, 2.45) is 0 Å². The van der Waals surface area contributed by atoms with Gasteiger partial charge in [-0.25, -0.2) is 0 Å². The third-order valence-electron chi connectivity index (χ3n) is 11.2. The Kier molecular flexibility index (Phi) is 3.99. The van der Waals surface area contributed by atoms with E-state index in [-0.39, 0.29) is 0 Å². The van der Waals surface area contributed by atoms with Gasteiger partial charge < -0.3 is 4.40 Å². The van der Waals surface area contributed by atoms with Crippen LogP contribution in [-0.4, -0.2) is 4.40 Å². The third kappa shape index (κ3) is 2.49. The SMILES string of the molecule is c1ccc2c(c1)-c1ccccc1C21c2ccccc2-c2cc3c4cc5ccccc5cc4n4c5cc6ccccc6cc5c(c21)c34. The average Bonchev–Trinajstić information content (AvgIpc) is 3.80. The number of hydrogen-bond acceptors (Lipinski definition) is 0. The number of fused-ring (bicyclic) bond motifs is 19. The standard InChI is InChI=1S/C45H25N/c1-3-13-28-23-40-33(21-26(28)11-1)35-25-34-32-17-7-10-20-39(32)45(37-18-8-5-15-30(37)31-16-6-9-19-38(31)45)43(34)42-36-22-27-12-2-4-14-29(27)24-41(36)46(40)44(35)42/h1-25H. The minimum atomic E-state index is -0.401. The van der Waals surface area contributed by atoms with Crippen LogP contribution >= 0.6 is 0 Å². The highest BCUT2D eigenvalue weighted by Crippen LogP contribution is 2.65. The van der Waals surface area contributed by atoms with Crippen LogP contribution in [-0.2, 0) is 5.41 Å². The molecule has 12 rings (SSSR count). The molecule has 1 nitrogen and oxygen atoms in total. The van der Waals surface area contributed by atoms with Crippen LogP contribution in [0.5, 0.6) is 0 Å². The van der Waals surface area contributed by atoms with Crippen LogP contribution in [0.15, 0.2) is 152 Å². The Labute approximate surface area is 264 Å². The quantitative estimate of drug-likeness (QED) is 0.168. The second-order valence-corrected chi connectivity index (χ2v) is 13.2. The molecule has 0 amide bonds. The monoisotopic (exact) mass is 579 g/mol. The van der Waals surface area contributed by atoms with Gasteiger partial charge in [0, 0.05) is 21.5 Å². The Balaban J connectivity index is 1.41. The number of aromatic nitrogens is 1. The summed E-state index contributed by atoms with van der Waals surface area (Å²) in [6.07, 6.45) is 0. The molecule has 0 fully saturated rings. The summed E-state index contributed by atoms with van der Waals surface area (Å²) in [6, 6.07) is 57.4. The Morgan fingerprint density at radius 2 is 0.804 bits per heavy atom. The van der Waals surface area contributed by atoms with Crippen LogP contribution in [0.25, 0.3) is 81.9 Å². The molecule has 1 spiro atoms. The lowest BCUT2D eigenvalue weighted by molar-refractivity contribution is 0.802. The first-order chi connectivity index (χ1) is 22.8. The molecular weight excluding hydrogens is 555 g/mol. The highest BCUT2D eigenvalue weighted by molar-refractivity contribution is 6.29. The molecule has 0 radical (unpaired) electrons. The fourth-order valence-corrected chi connectivity index (χ4v) is 9.56. The van der Waals surface area contributed by atoms with Crippen LogP contribution < -0.4 is 0 Å². The van der Waals surface area contributed by atoms with Crippen LogP contribution in [0.1, 0.15) is 22.3 Å². The molecule has 0 atom stereocenters. The lowest BCUT2D eigenvalue weighted by atomic mass is 9.69. The molecule has 2 aliphatic rings. The molecule has 210 valence electrons. The molecular formula is C45H25N. The van der Waals surface area contributed by atoms with Crippen molar-refractivity contribution in [1.82, 2.24) is 4.40 Å². The largest absolute Gasteiger partial charge is 0.308 e. The first-order valence-electron chi connectivity index (χ1n) is 16.2. The summed E-state index contributed by atoms with van der Waals surface area (Å²) in [6.45, 7) is 0. The summed E-state index contributed by atoms with van der Waals surface area (Å²) in [7, 11) is 0. The van der Waals surface area contributed by atoms with E-state index in [1.165, 1.54) is 104 Å². The molecule has 2 aromatic heterocycles. The predicted molar refractivity (Wildman–Crippen MR) is 192 cm³/mol. The van der Waals surface area contributed by atoms with Crippen molar-refractivity contribution >= 4 is 59.6 Å². The second kappa shape index (κ2) is 7.83. The first kappa shape index (κ1) is 23.5. The summed E-state index contributed by atoms with van der Waals surface area (Å²) in [5.41, 5.74) is 14.5. The molecule has 0 unspecified atom stereocenters.